The third-order valence-electron chi connectivity index (χ3n) is 3.29. The molecule has 1 aromatic rings. The Morgan fingerprint density at radius 1 is 1.16 bits per heavy atom. The van der Waals surface area contributed by atoms with Crippen molar-refractivity contribution >= 4 is 0 Å². The molecule has 0 aliphatic heterocycles. The summed E-state index contributed by atoms with van der Waals surface area (Å²) < 4.78 is 36.7. The minimum atomic E-state index is -4.06. The van der Waals surface area contributed by atoms with Crippen molar-refractivity contribution in [3.63, 3.8) is 0 Å². The van der Waals surface area contributed by atoms with Crippen LogP contribution in [0.3, 0.4) is 0 Å². The van der Waals surface area contributed by atoms with Crippen molar-refractivity contribution in [1.82, 2.24) is 5.32 Å². The largest absolute Gasteiger partial charge is 0.389 e. The number of rotatable bonds is 6. The first kappa shape index (κ1) is 16.0. The quantitative estimate of drug-likeness (QED) is 0.793. The summed E-state index contributed by atoms with van der Waals surface area (Å²) in [5.41, 5.74) is 3.42. The van der Waals surface area contributed by atoms with Crippen LogP contribution in [0.25, 0.3) is 0 Å². The Kier molecular flexibility index (Phi) is 5.85. The highest BCUT2D eigenvalue weighted by atomic mass is 19.4. The zero-order valence-corrected chi connectivity index (χ0v) is 11.8. The van der Waals surface area contributed by atoms with E-state index in [4.69, 9.17) is 0 Å². The normalized spacial score (nSPS) is 13.6. The molecule has 1 rings (SSSR count). The van der Waals surface area contributed by atoms with Gasteiger partial charge in [0.15, 0.2) is 0 Å². The molecule has 0 heterocycles. The topological polar surface area (TPSA) is 12.0 Å². The van der Waals surface area contributed by atoms with E-state index in [2.05, 4.69) is 5.32 Å². The van der Waals surface area contributed by atoms with Crippen LogP contribution < -0.4 is 5.32 Å². The van der Waals surface area contributed by atoms with Crippen molar-refractivity contribution in [2.24, 2.45) is 0 Å². The van der Waals surface area contributed by atoms with E-state index in [0.29, 0.717) is 6.42 Å². The molecule has 0 amide bonds. The summed E-state index contributed by atoms with van der Waals surface area (Å²) in [5.74, 6) is 0. The Morgan fingerprint density at radius 3 is 2.21 bits per heavy atom. The second-order valence-corrected chi connectivity index (χ2v) is 4.92. The van der Waals surface area contributed by atoms with Gasteiger partial charge < -0.3 is 5.32 Å². The van der Waals surface area contributed by atoms with Gasteiger partial charge in [-0.1, -0.05) is 25.1 Å². The van der Waals surface area contributed by atoms with Gasteiger partial charge in [-0.25, -0.2) is 0 Å². The van der Waals surface area contributed by atoms with Crippen LogP contribution in [0, 0.1) is 13.8 Å². The molecule has 0 fully saturated rings. The number of hydrogen-bond acceptors (Lipinski definition) is 1. The molecule has 4 heteroatoms. The summed E-state index contributed by atoms with van der Waals surface area (Å²) >= 11 is 0. The van der Waals surface area contributed by atoms with Gasteiger partial charge in [-0.15, -0.1) is 0 Å². The van der Waals surface area contributed by atoms with Crippen molar-refractivity contribution in [2.75, 3.05) is 6.54 Å². The van der Waals surface area contributed by atoms with Gasteiger partial charge in [0.25, 0.3) is 0 Å². The first-order valence-corrected chi connectivity index (χ1v) is 6.71. The third-order valence-corrected chi connectivity index (χ3v) is 3.29. The molecule has 0 saturated heterocycles. The van der Waals surface area contributed by atoms with E-state index in [-0.39, 0.29) is 12.5 Å². The molecule has 1 unspecified atom stereocenters. The maximum Gasteiger partial charge on any atom is 0.389 e. The Balaban J connectivity index is 2.77. The summed E-state index contributed by atoms with van der Waals surface area (Å²) in [6, 6.07) is 6.01. The molecular formula is C15H22F3N. The van der Waals surface area contributed by atoms with Gasteiger partial charge in [0.05, 0.1) is 0 Å². The highest BCUT2D eigenvalue weighted by Gasteiger charge is 2.27. The molecule has 0 bridgehead atoms. The standard InChI is InChI=1S/C15H22F3N/c1-4-19-13(9-6-10-15(16,17)18)14-11(2)7-5-8-12(14)3/h5,7-8,13,19H,4,6,9-10H2,1-3H3. The molecule has 0 saturated carbocycles. The molecule has 0 aliphatic rings. The predicted molar refractivity (Wildman–Crippen MR) is 72.2 cm³/mol. The zero-order valence-electron chi connectivity index (χ0n) is 11.8. The van der Waals surface area contributed by atoms with Crippen LogP contribution in [-0.2, 0) is 0 Å². The highest BCUT2D eigenvalue weighted by molar-refractivity contribution is 5.36. The zero-order chi connectivity index (χ0) is 14.5. The van der Waals surface area contributed by atoms with Gasteiger partial charge in [-0.05, 0) is 49.9 Å². The number of hydrogen-bond donors (Lipinski definition) is 1. The fraction of sp³-hybridized carbons (Fsp3) is 0.600. The molecule has 19 heavy (non-hydrogen) atoms. The summed E-state index contributed by atoms with van der Waals surface area (Å²) in [5, 5.41) is 3.30. The monoisotopic (exact) mass is 273 g/mol. The molecule has 1 aromatic carbocycles. The number of benzene rings is 1. The number of aryl methyl sites for hydroxylation is 2. The van der Waals surface area contributed by atoms with Crippen molar-refractivity contribution < 1.29 is 13.2 Å². The van der Waals surface area contributed by atoms with Crippen molar-refractivity contribution in [1.29, 1.82) is 0 Å². The van der Waals surface area contributed by atoms with Crippen molar-refractivity contribution in [3.8, 4) is 0 Å². The minimum Gasteiger partial charge on any atom is -0.310 e. The van der Waals surface area contributed by atoms with Crippen LogP contribution in [-0.4, -0.2) is 12.7 Å². The lowest BCUT2D eigenvalue weighted by molar-refractivity contribution is -0.135. The van der Waals surface area contributed by atoms with Crippen molar-refractivity contribution in [3.05, 3.63) is 34.9 Å². The Labute approximate surface area is 113 Å². The maximum atomic E-state index is 12.2. The summed E-state index contributed by atoms with van der Waals surface area (Å²) in [4.78, 5) is 0. The second-order valence-electron chi connectivity index (χ2n) is 4.92. The number of halogens is 3. The Bertz CT molecular complexity index is 379. The van der Waals surface area contributed by atoms with Crippen molar-refractivity contribution in [2.45, 2.75) is 52.3 Å². The fourth-order valence-corrected chi connectivity index (χ4v) is 2.48. The van der Waals surface area contributed by atoms with Gasteiger partial charge in [0.2, 0.25) is 0 Å². The van der Waals surface area contributed by atoms with Crippen LogP contribution in [0.5, 0.6) is 0 Å². The average molecular weight is 273 g/mol. The lowest BCUT2D eigenvalue weighted by Crippen LogP contribution is -2.23. The number of alkyl halides is 3. The molecule has 1 atom stereocenters. The fourth-order valence-electron chi connectivity index (χ4n) is 2.48. The maximum absolute atomic E-state index is 12.2. The SMILES string of the molecule is CCNC(CCCC(F)(F)F)c1c(C)cccc1C. The summed E-state index contributed by atoms with van der Waals surface area (Å²) in [7, 11) is 0. The molecule has 0 spiro atoms. The molecule has 1 N–H and O–H groups in total. The van der Waals surface area contributed by atoms with Crippen LogP contribution in [0.4, 0.5) is 13.2 Å². The summed E-state index contributed by atoms with van der Waals surface area (Å²) in [6.07, 6.45) is -4.09. The lowest BCUT2D eigenvalue weighted by Gasteiger charge is -2.22. The van der Waals surface area contributed by atoms with Gasteiger partial charge in [-0.2, -0.15) is 13.2 Å². The molecule has 0 aromatic heterocycles. The van der Waals surface area contributed by atoms with E-state index in [1.54, 1.807) is 0 Å². The van der Waals surface area contributed by atoms with E-state index in [9.17, 15) is 13.2 Å². The Hall–Kier alpha value is -1.03. The third kappa shape index (κ3) is 5.23. The summed E-state index contributed by atoms with van der Waals surface area (Å²) in [6.45, 7) is 6.75. The molecule has 1 nitrogen and oxygen atoms in total. The van der Waals surface area contributed by atoms with E-state index >= 15 is 0 Å². The smallest absolute Gasteiger partial charge is 0.310 e. The van der Waals surface area contributed by atoms with Gasteiger partial charge in [0.1, 0.15) is 0 Å². The first-order chi connectivity index (χ1) is 8.85. The van der Waals surface area contributed by atoms with E-state index in [1.807, 2.05) is 39.0 Å². The average Bonchev–Trinajstić information content (AvgIpc) is 2.27. The first-order valence-electron chi connectivity index (χ1n) is 6.71. The lowest BCUT2D eigenvalue weighted by atomic mass is 9.92. The molecule has 0 radical (unpaired) electrons. The van der Waals surface area contributed by atoms with E-state index < -0.39 is 12.6 Å². The van der Waals surface area contributed by atoms with E-state index in [0.717, 1.165) is 23.2 Å². The highest BCUT2D eigenvalue weighted by Crippen LogP contribution is 2.29. The molecular weight excluding hydrogens is 251 g/mol. The molecule has 108 valence electrons. The second kappa shape index (κ2) is 6.94. The van der Waals surface area contributed by atoms with Crippen LogP contribution in [0.2, 0.25) is 0 Å². The number of nitrogens with one attached hydrogen (secondary N) is 1. The van der Waals surface area contributed by atoms with Gasteiger partial charge in [0, 0.05) is 12.5 Å². The minimum absolute atomic E-state index is 0.00792. The van der Waals surface area contributed by atoms with Gasteiger partial charge in [-0.3, -0.25) is 0 Å². The molecule has 0 aliphatic carbocycles. The predicted octanol–water partition coefficient (Wildman–Crippen LogP) is 4.69. The van der Waals surface area contributed by atoms with Gasteiger partial charge >= 0.3 is 6.18 Å². The van der Waals surface area contributed by atoms with Crippen LogP contribution in [0.15, 0.2) is 18.2 Å². The van der Waals surface area contributed by atoms with E-state index in [1.165, 1.54) is 0 Å². The van der Waals surface area contributed by atoms with Crippen LogP contribution in [0.1, 0.15) is 48.9 Å². The van der Waals surface area contributed by atoms with Crippen LogP contribution >= 0.6 is 0 Å². The Morgan fingerprint density at radius 2 is 1.74 bits per heavy atom.